The van der Waals surface area contributed by atoms with Gasteiger partial charge in [0.1, 0.15) is 11.9 Å². The minimum atomic E-state index is -1.25. The van der Waals surface area contributed by atoms with Crippen molar-refractivity contribution in [1.82, 2.24) is 4.90 Å². The van der Waals surface area contributed by atoms with Crippen molar-refractivity contribution >= 4 is 6.16 Å². The normalized spacial score (nSPS) is 29.1. The first-order valence-electron chi connectivity index (χ1n) is 15.5. The lowest BCUT2D eigenvalue weighted by Gasteiger charge is -2.53. The first kappa shape index (κ1) is 28.5. The van der Waals surface area contributed by atoms with Gasteiger partial charge in [-0.1, -0.05) is 98.1 Å². The molecule has 0 amide bonds. The van der Waals surface area contributed by atoms with Gasteiger partial charge >= 0.3 is 6.16 Å². The average molecular weight is 566 g/mol. The quantitative estimate of drug-likeness (QED) is 0.258. The summed E-state index contributed by atoms with van der Waals surface area (Å²) in [5, 5.41) is 9.13. The van der Waals surface area contributed by atoms with Crippen LogP contribution < -0.4 is 4.74 Å². The van der Waals surface area contributed by atoms with Crippen molar-refractivity contribution in [3.8, 4) is 5.75 Å². The van der Waals surface area contributed by atoms with E-state index in [1.165, 1.54) is 54.4 Å². The molecule has 2 heterocycles. The number of hydrogen-bond acceptors (Lipinski definition) is 4. The molecule has 0 bridgehead atoms. The summed E-state index contributed by atoms with van der Waals surface area (Å²) in [7, 11) is 2.15. The molecule has 2 aliphatic carbocycles. The predicted molar refractivity (Wildman–Crippen MR) is 166 cm³/mol. The summed E-state index contributed by atoms with van der Waals surface area (Å²) in [6, 6.07) is 28.6. The molecule has 1 saturated carbocycles. The highest BCUT2D eigenvalue weighted by Gasteiger charge is 2.61. The molecule has 220 valence electrons. The van der Waals surface area contributed by atoms with E-state index >= 15 is 0 Å². The van der Waals surface area contributed by atoms with Gasteiger partial charge in [-0.25, -0.2) is 4.79 Å². The second-order valence-electron chi connectivity index (χ2n) is 12.6. The number of aryl methyl sites for hydroxylation is 1. The zero-order valence-electron chi connectivity index (χ0n) is 25.0. The Bertz CT molecular complexity index is 1370. The number of fused-ring (bicyclic) bond motifs is 1. The van der Waals surface area contributed by atoms with Crippen LogP contribution in [0, 0.1) is 12.8 Å². The van der Waals surface area contributed by atoms with Gasteiger partial charge in [-0.05, 0) is 75.5 Å². The van der Waals surface area contributed by atoms with E-state index < -0.39 is 12.3 Å². The molecule has 3 aromatic rings. The lowest BCUT2D eigenvalue weighted by Crippen LogP contribution is -2.62. The summed E-state index contributed by atoms with van der Waals surface area (Å²) in [6.45, 7) is 5.31. The van der Waals surface area contributed by atoms with Crippen LogP contribution in [-0.4, -0.2) is 48.0 Å². The first-order valence-corrected chi connectivity index (χ1v) is 15.5. The topological polar surface area (TPSA) is 59.0 Å². The molecule has 1 saturated heterocycles. The van der Waals surface area contributed by atoms with E-state index in [4.69, 9.17) is 14.6 Å². The van der Waals surface area contributed by atoms with Crippen LogP contribution in [0.3, 0.4) is 0 Å². The maximum Gasteiger partial charge on any atom is 0.506 e. The number of carboxylic acid groups (broad SMARTS) is 1. The number of piperidine rings is 1. The van der Waals surface area contributed by atoms with Gasteiger partial charge in [0, 0.05) is 28.4 Å². The molecule has 7 rings (SSSR count). The van der Waals surface area contributed by atoms with E-state index in [9.17, 15) is 4.79 Å². The lowest BCUT2D eigenvalue weighted by atomic mass is 9.57. The summed E-state index contributed by atoms with van der Waals surface area (Å²) in [4.78, 5) is 13.5. The zero-order chi connectivity index (χ0) is 29.3. The molecule has 0 radical (unpaired) electrons. The number of likely N-dealkylation sites (tertiary alicyclic amines) is 1. The van der Waals surface area contributed by atoms with E-state index in [2.05, 4.69) is 98.6 Å². The Morgan fingerprint density at radius 1 is 0.881 bits per heavy atom. The summed E-state index contributed by atoms with van der Waals surface area (Å²) in [6.07, 6.45) is 9.52. The molecule has 5 atom stereocenters. The van der Waals surface area contributed by atoms with Crippen LogP contribution in [0.5, 0.6) is 5.75 Å². The van der Waals surface area contributed by atoms with Crippen molar-refractivity contribution in [1.29, 1.82) is 0 Å². The van der Waals surface area contributed by atoms with E-state index in [0.29, 0.717) is 6.04 Å². The minimum Gasteiger partial charge on any atom is -0.485 e. The fourth-order valence-corrected chi connectivity index (χ4v) is 8.43. The van der Waals surface area contributed by atoms with Crippen LogP contribution in [0.2, 0.25) is 0 Å². The monoisotopic (exact) mass is 565 g/mol. The Balaban J connectivity index is 0.000000157. The van der Waals surface area contributed by atoms with E-state index in [1.807, 2.05) is 18.2 Å². The molecule has 1 N–H and O–H groups in total. The number of carbonyl (C=O) groups is 1. The maximum atomic E-state index is 11.2. The molecule has 5 unspecified atom stereocenters. The van der Waals surface area contributed by atoms with Gasteiger partial charge in [0.05, 0.1) is 0 Å². The highest BCUT2D eigenvalue weighted by atomic mass is 16.7. The number of rotatable bonds is 3. The van der Waals surface area contributed by atoms with Crippen LogP contribution in [-0.2, 0) is 15.6 Å². The van der Waals surface area contributed by atoms with Gasteiger partial charge in [0.25, 0.3) is 0 Å². The van der Waals surface area contributed by atoms with Crippen LogP contribution in [0.1, 0.15) is 67.7 Å². The van der Waals surface area contributed by atoms with Crippen molar-refractivity contribution in [2.45, 2.75) is 81.5 Å². The van der Waals surface area contributed by atoms with E-state index in [0.717, 1.165) is 18.7 Å². The Morgan fingerprint density at radius 3 is 2.14 bits per heavy atom. The van der Waals surface area contributed by atoms with Crippen molar-refractivity contribution in [3.05, 3.63) is 113 Å². The summed E-state index contributed by atoms with van der Waals surface area (Å²) in [5.74, 6) is 1.15. The third-order valence-corrected chi connectivity index (χ3v) is 10.6. The molecule has 4 aliphatic rings. The fourth-order valence-electron chi connectivity index (χ4n) is 8.43. The van der Waals surface area contributed by atoms with Crippen molar-refractivity contribution < 1.29 is 19.4 Å². The number of benzene rings is 3. The third kappa shape index (κ3) is 4.82. The summed E-state index contributed by atoms with van der Waals surface area (Å²) < 4.78 is 11.5. The van der Waals surface area contributed by atoms with Gasteiger partial charge in [-0.15, -0.1) is 0 Å². The Kier molecular flexibility index (Phi) is 7.89. The molecule has 5 heteroatoms. The van der Waals surface area contributed by atoms with Crippen molar-refractivity contribution in [2.75, 3.05) is 13.6 Å². The Morgan fingerprint density at radius 2 is 1.52 bits per heavy atom. The smallest absolute Gasteiger partial charge is 0.485 e. The molecule has 2 aliphatic heterocycles. The van der Waals surface area contributed by atoms with Gasteiger partial charge in [0.15, 0.2) is 6.10 Å². The van der Waals surface area contributed by atoms with Gasteiger partial charge < -0.3 is 19.5 Å². The molecular formula is C37H43NO4. The average Bonchev–Trinajstić information content (AvgIpc) is 3.37. The molecule has 5 nitrogen and oxygen atoms in total. The van der Waals surface area contributed by atoms with Crippen molar-refractivity contribution in [3.63, 3.8) is 0 Å². The molecule has 0 aromatic heterocycles. The van der Waals surface area contributed by atoms with E-state index in [1.54, 1.807) is 0 Å². The van der Waals surface area contributed by atoms with Crippen LogP contribution in [0.15, 0.2) is 91.0 Å². The third-order valence-electron chi connectivity index (χ3n) is 10.6. The van der Waals surface area contributed by atoms with Gasteiger partial charge in [-0.3, -0.25) is 0 Å². The summed E-state index contributed by atoms with van der Waals surface area (Å²) >= 11 is 0. The van der Waals surface area contributed by atoms with E-state index in [-0.39, 0.29) is 22.9 Å². The Hall–Kier alpha value is -3.57. The van der Waals surface area contributed by atoms with Gasteiger partial charge in [-0.2, -0.15) is 0 Å². The standard InChI is InChI=1S/C19H23NO4.C18H20/c1-11-5-4-6-14-16(11)19-9-10-20(3)12(2)13(19)7-8-15(17(19)23-14)24-18(21)22;1-4-10-16(11-5-1)18(14-8-3-9-15-18)17-12-6-2-7-13-17/h4-8,12-13,15,17H,9-10H2,1-3H3,(H,21,22);1-2,4-7,10-13H,3,8-9,14-15H2. The summed E-state index contributed by atoms with van der Waals surface area (Å²) in [5.41, 5.74) is 5.48. The molecule has 42 heavy (non-hydrogen) atoms. The van der Waals surface area contributed by atoms with Crippen molar-refractivity contribution in [2.24, 2.45) is 5.92 Å². The van der Waals surface area contributed by atoms with Crippen LogP contribution >= 0.6 is 0 Å². The minimum absolute atomic E-state index is 0.221. The highest BCUT2D eigenvalue weighted by Crippen LogP contribution is 2.57. The SMILES string of the molecule is Cc1cccc2c1C13CCN(C)C(C)C1C=CC(OC(=O)O)C3O2.c1ccc(C2(c3ccccc3)CCCCC2)cc1. The number of ether oxygens (including phenoxy) is 2. The second kappa shape index (κ2) is 11.6. The molecular weight excluding hydrogens is 522 g/mol. The van der Waals surface area contributed by atoms with Crippen LogP contribution in [0.25, 0.3) is 0 Å². The van der Waals surface area contributed by atoms with Crippen LogP contribution in [0.4, 0.5) is 4.79 Å². The zero-order valence-corrected chi connectivity index (χ0v) is 25.0. The predicted octanol–water partition coefficient (Wildman–Crippen LogP) is 7.90. The number of nitrogens with zero attached hydrogens (tertiary/aromatic N) is 1. The largest absolute Gasteiger partial charge is 0.506 e. The maximum absolute atomic E-state index is 11.2. The molecule has 2 fully saturated rings. The number of hydrogen-bond donors (Lipinski definition) is 1. The molecule has 3 aromatic carbocycles. The van der Waals surface area contributed by atoms with Gasteiger partial charge in [0.2, 0.25) is 0 Å². The lowest BCUT2D eigenvalue weighted by molar-refractivity contribution is -0.0512. The fraction of sp³-hybridized carbons (Fsp3) is 0.432. The first-order chi connectivity index (χ1) is 20.4. The highest BCUT2D eigenvalue weighted by molar-refractivity contribution is 5.59. The Labute approximate surface area is 250 Å². The second-order valence-corrected chi connectivity index (χ2v) is 12.6. The molecule has 1 spiro atoms.